The Hall–Kier alpha value is -2.58. The minimum Gasteiger partial charge on any atom is -0.497 e. The molecule has 1 aliphatic heterocycles. The predicted octanol–water partition coefficient (Wildman–Crippen LogP) is 4.49. The lowest BCUT2D eigenvalue weighted by atomic mass is 10.0. The predicted molar refractivity (Wildman–Crippen MR) is 128 cm³/mol. The van der Waals surface area contributed by atoms with Crippen LogP contribution in [0.3, 0.4) is 0 Å². The van der Waals surface area contributed by atoms with Crippen LogP contribution in [0, 0.1) is 0 Å². The molecular weight excluding hydrogens is 440 g/mol. The van der Waals surface area contributed by atoms with Crippen LogP contribution in [0.4, 0.5) is 0 Å². The standard InChI is InChI=1S/C25H34N2O5S/c1-5-27(19(2)20-11-10-12-22(17-20)31-3)25(28)21-13-14-23(32-4)24(18-21)33(29,30)26-15-8-6-7-9-16-26/h10-14,17-19H,5-9,15-16H2,1-4H3. The third-order valence-electron chi connectivity index (χ3n) is 6.24. The second-order valence-corrected chi connectivity index (χ2v) is 10.1. The first-order chi connectivity index (χ1) is 15.8. The number of amides is 1. The van der Waals surface area contributed by atoms with Gasteiger partial charge in [-0.05, 0) is 62.6 Å². The fourth-order valence-electron chi connectivity index (χ4n) is 4.27. The molecular formula is C25H34N2O5S. The summed E-state index contributed by atoms with van der Waals surface area (Å²) in [5.74, 6) is 0.737. The zero-order chi connectivity index (χ0) is 24.0. The summed E-state index contributed by atoms with van der Waals surface area (Å²) in [5, 5.41) is 0. The largest absolute Gasteiger partial charge is 0.497 e. The molecule has 2 aromatic carbocycles. The van der Waals surface area contributed by atoms with Crippen molar-refractivity contribution in [2.75, 3.05) is 33.9 Å². The highest BCUT2D eigenvalue weighted by molar-refractivity contribution is 7.89. The Kier molecular flexibility index (Phi) is 8.37. The number of methoxy groups -OCH3 is 2. The summed E-state index contributed by atoms with van der Waals surface area (Å²) in [5.41, 5.74) is 1.26. The molecule has 7 nitrogen and oxygen atoms in total. The van der Waals surface area contributed by atoms with Crippen molar-refractivity contribution in [3.05, 3.63) is 53.6 Å². The van der Waals surface area contributed by atoms with E-state index in [9.17, 15) is 13.2 Å². The number of hydrogen-bond donors (Lipinski definition) is 0. The number of nitrogens with zero attached hydrogens (tertiary/aromatic N) is 2. The van der Waals surface area contributed by atoms with Crippen LogP contribution in [0.2, 0.25) is 0 Å². The van der Waals surface area contributed by atoms with Gasteiger partial charge in [-0.25, -0.2) is 8.42 Å². The molecule has 0 radical (unpaired) electrons. The SMILES string of the molecule is CCN(C(=O)c1ccc(OC)c(S(=O)(=O)N2CCCCCC2)c1)C(C)c1cccc(OC)c1. The van der Waals surface area contributed by atoms with Crippen molar-refractivity contribution in [3.63, 3.8) is 0 Å². The van der Waals surface area contributed by atoms with Gasteiger partial charge in [0.1, 0.15) is 16.4 Å². The second kappa shape index (κ2) is 11.0. The Morgan fingerprint density at radius 3 is 2.33 bits per heavy atom. The Morgan fingerprint density at radius 2 is 1.73 bits per heavy atom. The summed E-state index contributed by atoms with van der Waals surface area (Å²) in [6.07, 6.45) is 3.72. The quantitative estimate of drug-likeness (QED) is 0.563. The van der Waals surface area contributed by atoms with E-state index < -0.39 is 10.0 Å². The lowest BCUT2D eigenvalue weighted by molar-refractivity contribution is 0.0701. The fourth-order valence-corrected chi connectivity index (χ4v) is 5.97. The summed E-state index contributed by atoms with van der Waals surface area (Å²) in [6, 6.07) is 12.1. The summed E-state index contributed by atoms with van der Waals surface area (Å²) < 4.78 is 39.1. The zero-order valence-electron chi connectivity index (χ0n) is 19.9. The first-order valence-corrected chi connectivity index (χ1v) is 12.9. The van der Waals surface area contributed by atoms with Gasteiger partial charge in [0.15, 0.2) is 0 Å². The summed E-state index contributed by atoms with van der Waals surface area (Å²) in [6.45, 7) is 5.30. The molecule has 8 heteroatoms. The van der Waals surface area contributed by atoms with E-state index in [0.29, 0.717) is 25.2 Å². The number of carbonyl (C=O) groups excluding carboxylic acids is 1. The Morgan fingerprint density at radius 1 is 1.03 bits per heavy atom. The molecule has 1 saturated heterocycles. The topological polar surface area (TPSA) is 76.2 Å². The highest BCUT2D eigenvalue weighted by atomic mass is 32.2. The molecule has 2 aromatic rings. The van der Waals surface area contributed by atoms with Gasteiger partial charge in [0.25, 0.3) is 5.91 Å². The molecule has 1 heterocycles. The molecule has 0 saturated carbocycles. The number of sulfonamides is 1. The van der Waals surface area contributed by atoms with Gasteiger partial charge < -0.3 is 14.4 Å². The molecule has 1 aliphatic rings. The molecule has 0 aromatic heterocycles. The van der Waals surface area contributed by atoms with E-state index >= 15 is 0 Å². The first-order valence-electron chi connectivity index (χ1n) is 11.5. The molecule has 1 unspecified atom stereocenters. The van der Waals surface area contributed by atoms with Crippen molar-refractivity contribution in [2.45, 2.75) is 50.5 Å². The highest BCUT2D eigenvalue weighted by Gasteiger charge is 2.30. The van der Waals surface area contributed by atoms with Gasteiger partial charge in [-0.3, -0.25) is 4.79 Å². The highest BCUT2D eigenvalue weighted by Crippen LogP contribution is 2.31. The molecule has 1 atom stereocenters. The molecule has 0 bridgehead atoms. The maximum Gasteiger partial charge on any atom is 0.254 e. The van der Waals surface area contributed by atoms with Gasteiger partial charge >= 0.3 is 0 Å². The van der Waals surface area contributed by atoms with Gasteiger partial charge in [0, 0.05) is 25.2 Å². The van der Waals surface area contributed by atoms with Crippen molar-refractivity contribution >= 4 is 15.9 Å². The van der Waals surface area contributed by atoms with Crippen molar-refractivity contribution < 1.29 is 22.7 Å². The van der Waals surface area contributed by atoms with Gasteiger partial charge in [0.2, 0.25) is 10.0 Å². The van der Waals surface area contributed by atoms with Crippen molar-refractivity contribution in [3.8, 4) is 11.5 Å². The number of rotatable bonds is 8. The lowest BCUT2D eigenvalue weighted by Crippen LogP contribution is -2.34. The molecule has 0 spiro atoms. The van der Waals surface area contributed by atoms with Gasteiger partial charge in [-0.2, -0.15) is 4.31 Å². The Bertz CT molecular complexity index is 1060. The van der Waals surface area contributed by atoms with Crippen LogP contribution in [0.1, 0.15) is 61.5 Å². The van der Waals surface area contributed by atoms with E-state index in [1.165, 1.54) is 17.5 Å². The van der Waals surface area contributed by atoms with Crippen LogP contribution in [0.25, 0.3) is 0 Å². The van der Waals surface area contributed by atoms with Crippen LogP contribution in [0.5, 0.6) is 11.5 Å². The maximum absolute atomic E-state index is 13.5. The summed E-state index contributed by atoms with van der Waals surface area (Å²) in [7, 11) is -0.724. The van der Waals surface area contributed by atoms with Gasteiger partial charge in [-0.15, -0.1) is 0 Å². The number of ether oxygens (including phenoxy) is 2. The van der Waals surface area contributed by atoms with E-state index in [-0.39, 0.29) is 22.6 Å². The summed E-state index contributed by atoms with van der Waals surface area (Å²) >= 11 is 0. The number of benzene rings is 2. The zero-order valence-corrected chi connectivity index (χ0v) is 20.7. The van der Waals surface area contributed by atoms with Gasteiger partial charge in [0.05, 0.1) is 20.3 Å². The van der Waals surface area contributed by atoms with Crippen molar-refractivity contribution in [1.29, 1.82) is 0 Å². The Balaban J connectivity index is 1.95. The number of carbonyl (C=O) groups is 1. The van der Waals surface area contributed by atoms with Crippen LogP contribution in [-0.4, -0.2) is 57.4 Å². The minimum absolute atomic E-state index is 0.0443. The van der Waals surface area contributed by atoms with Crippen LogP contribution < -0.4 is 9.47 Å². The molecule has 180 valence electrons. The third kappa shape index (κ3) is 5.50. The summed E-state index contributed by atoms with van der Waals surface area (Å²) in [4.78, 5) is 15.3. The van der Waals surface area contributed by atoms with Crippen molar-refractivity contribution in [1.82, 2.24) is 9.21 Å². The maximum atomic E-state index is 13.5. The van der Waals surface area contributed by atoms with Crippen molar-refractivity contribution in [2.24, 2.45) is 0 Å². The van der Waals surface area contributed by atoms with E-state index in [4.69, 9.17) is 9.47 Å². The van der Waals surface area contributed by atoms with Crippen LogP contribution in [0.15, 0.2) is 47.4 Å². The molecule has 3 rings (SSSR count). The number of hydrogen-bond acceptors (Lipinski definition) is 5. The molecule has 1 fully saturated rings. The van der Waals surface area contributed by atoms with E-state index in [1.807, 2.05) is 38.1 Å². The Labute approximate surface area is 197 Å². The molecule has 0 N–H and O–H groups in total. The second-order valence-electron chi connectivity index (χ2n) is 8.23. The van der Waals surface area contributed by atoms with Crippen LogP contribution >= 0.6 is 0 Å². The molecule has 1 amide bonds. The van der Waals surface area contributed by atoms with E-state index in [0.717, 1.165) is 37.0 Å². The monoisotopic (exact) mass is 474 g/mol. The molecule has 33 heavy (non-hydrogen) atoms. The van der Waals surface area contributed by atoms with E-state index in [2.05, 4.69) is 0 Å². The smallest absolute Gasteiger partial charge is 0.254 e. The fraction of sp³-hybridized carbons (Fsp3) is 0.480. The van der Waals surface area contributed by atoms with Gasteiger partial charge in [-0.1, -0.05) is 25.0 Å². The van der Waals surface area contributed by atoms with Crippen LogP contribution in [-0.2, 0) is 10.0 Å². The average molecular weight is 475 g/mol. The lowest BCUT2D eigenvalue weighted by Gasteiger charge is -2.29. The molecule has 0 aliphatic carbocycles. The average Bonchev–Trinajstić information content (AvgIpc) is 3.14. The first kappa shape index (κ1) is 25.1. The normalized spacial score (nSPS) is 16.0. The third-order valence-corrected chi connectivity index (χ3v) is 8.16. The minimum atomic E-state index is -3.78. The van der Waals surface area contributed by atoms with E-state index in [1.54, 1.807) is 24.1 Å².